The number of nitrogens with one attached hydrogen (secondary N) is 1. The lowest BCUT2D eigenvalue weighted by Gasteiger charge is -2.15. The molecule has 0 amide bonds. The van der Waals surface area contributed by atoms with E-state index in [0.717, 1.165) is 33.7 Å². The number of rotatable bonds is 8. The number of para-hydroxylation sites is 1. The summed E-state index contributed by atoms with van der Waals surface area (Å²) in [7, 11) is 3.22. The Kier molecular flexibility index (Phi) is 6.34. The van der Waals surface area contributed by atoms with Crippen molar-refractivity contribution in [2.45, 2.75) is 20.5 Å². The van der Waals surface area contributed by atoms with Gasteiger partial charge in [-0.05, 0) is 49.3 Å². The molecule has 3 rings (SSSR count). The second-order valence-corrected chi connectivity index (χ2v) is 6.54. The van der Waals surface area contributed by atoms with Crippen LogP contribution in [-0.2, 0) is 11.4 Å². The van der Waals surface area contributed by atoms with Crippen LogP contribution < -0.4 is 14.2 Å². The molecule has 0 spiro atoms. The number of methoxy groups -OCH3 is 2. The summed E-state index contributed by atoms with van der Waals surface area (Å²) in [4.78, 5) is 11.8. The molecule has 29 heavy (non-hydrogen) atoms. The fourth-order valence-electron chi connectivity index (χ4n) is 3.07. The number of hydrogen-bond acceptors (Lipinski definition) is 5. The second kappa shape index (κ2) is 9.10. The zero-order chi connectivity index (χ0) is 20.8. The second-order valence-electron chi connectivity index (χ2n) is 6.54. The van der Waals surface area contributed by atoms with Gasteiger partial charge in [0.15, 0.2) is 17.3 Å². The molecule has 3 aromatic rings. The van der Waals surface area contributed by atoms with Crippen LogP contribution in [0, 0.1) is 6.92 Å². The van der Waals surface area contributed by atoms with Gasteiger partial charge in [0.2, 0.25) is 0 Å². The van der Waals surface area contributed by atoms with Crippen LogP contribution in [0.4, 0.5) is 0 Å². The van der Waals surface area contributed by atoms with Gasteiger partial charge < -0.3 is 14.2 Å². The zero-order valence-electron chi connectivity index (χ0n) is 17.0. The molecule has 0 radical (unpaired) electrons. The van der Waals surface area contributed by atoms with Crippen molar-refractivity contribution >= 4 is 11.4 Å². The molecule has 6 heteroatoms. The van der Waals surface area contributed by atoms with Crippen molar-refractivity contribution in [2.75, 3.05) is 14.2 Å². The van der Waals surface area contributed by atoms with Crippen molar-refractivity contribution in [3.8, 4) is 17.2 Å². The van der Waals surface area contributed by atoms with Gasteiger partial charge in [0.05, 0.1) is 20.4 Å². The Bertz CT molecular complexity index is 1040. The third-order valence-corrected chi connectivity index (χ3v) is 4.52. The molecule has 1 N–H and O–H groups in total. The van der Waals surface area contributed by atoms with Gasteiger partial charge in [0, 0.05) is 16.8 Å². The molecule has 6 nitrogen and oxygen atoms in total. The average Bonchev–Trinajstić information content (AvgIpc) is 3.16. The zero-order valence-corrected chi connectivity index (χ0v) is 17.0. The number of H-pyrrole nitrogens is 1. The maximum Gasteiger partial charge on any atom is 0.161 e. The number of aromatic amines is 1. The first-order valence-corrected chi connectivity index (χ1v) is 9.19. The minimum atomic E-state index is -0.0453. The molecule has 0 atom stereocenters. The largest absolute Gasteiger partial charge is 0.496 e. The maximum absolute atomic E-state index is 11.8. The van der Waals surface area contributed by atoms with Crippen molar-refractivity contribution in [2.24, 2.45) is 0 Å². The number of hydrogen-bond donors (Lipinski definition) is 1. The first-order chi connectivity index (χ1) is 14.0. The first kappa shape index (κ1) is 20.2. The van der Waals surface area contributed by atoms with Gasteiger partial charge in [-0.3, -0.25) is 9.89 Å². The number of benzene rings is 2. The van der Waals surface area contributed by atoms with E-state index in [-0.39, 0.29) is 5.78 Å². The van der Waals surface area contributed by atoms with Gasteiger partial charge in [-0.15, -0.1) is 0 Å². The Hall–Kier alpha value is -3.54. The van der Waals surface area contributed by atoms with Crippen LogP contribution in [-0.4, -0.2) is 30.2 Å². The van der Waals surface area contributed by atoms with E-state index in [9.17, 15) is 4.79 Å². The van der Waals surface area contributed by atoms with Crippen LogP contribution >= 0.6 is 0 Å². The van der Waals surface area contributed by atoms with Crippen molar-refractivity contribution in [3.05, 3.63) is 77.1 Å². The number of allylic oxidation sites excluding steroid dienone is 1. The van der Waals surface area contributed by atoms with E-state index in [0.29, 0.717) is 18.1 Å². The normalized spacial score (nSPS) is 11.2. The smallest absolute Gasteiger partial charge is 0.161 e. The molecular formula is C23H24N2O4. The number of ether oxygens (including phenoxy) is 3. The van der Waals surface area contributed by atoms with E-state index in [2.05, 4.69) is 10.2 Å². The molecule has 0 bridgehead atoms. The fourth-order valence-corrected chi connectivity index (χ4v) is 3.07. The maximum atomic E-state index is 11.8. The van der Waals surface area contributed by atoms with E-state index < -0.39 is 0 Å². The molecule has 0 saturated carbocycles. The van der Waals surface area contributed by atoms with E-state index >= 15 is 0 Å². The minimum absolute atomic E-state index is 0.0453. The molecule has 0 aliphatic heterocycles. The lowest BCUT2D eigenvalue weighted by molar-refractivity contribution is -0.112. The summed E-state index contributed by atoms with van der Waals surface area (Å²) >= 11 is 0. The van der Waals surface area contributed by atoms with Crippen molar-refractivity contribution < 1.29 is 19.0 Å². The Morgan fingerprint density at radius 3 is 2.48 bits per heavy atom. The van der Waals surface area contributed by atoms with E-state index in [1.807, 2.05) is 49.4 Å². The van der Waals surface area contributed by atoms with Crippen molar-refractivity contribution in [1.29, 1.82) is 0 Å². The summed E-state index contributed by atoms with van der Waals surface area (Å²) in [5.41, 5.74) is 4.30. The summed E-state index contributed by atoms with van der Waals surface area (Å²) in [5.74, 6) is 1.91. The molecule has 1 heterocycles. The SMILES string of the molecule is COc1ccccc1COc1ccc(/C(=C/C(C)=O)c2cn[nH]c2C)cc1OC. The van der Waals surface area contributed by atoms with Crippen LogP contribution in [0.1, 0.15) is 29.3 Å². The van der Waals surface area contributed by atoms with Gasteiger partial charge in [-0.2, -0.15) is 5.10 Å². The highest BCUT2D eigenvalue weighted by atomic mass is 16.5. The molecule has 0 fully saturated rings. The average molecular weight is 392 g/mol. The lowest BCUT2D eigenvalue weighted by atomic mass is 9.97. The Balaban J connectivity index is 1.91. The lowest BCUT2D eigenvalue weighted by Crippen LogP contribution is -2.01. The molecule has 0 aliphatic rings. The number of nitrogens with zero attached hydrogens (tertiary/aromatic N) is 1. The van der Waals surface area contributed by atoms with E-state index in [1.165, 1.54) is 6.92 Å². The number of ketones is 1. The summed E-state index contributed by atoms with van der Waals surface area (Å²) in [6, 6.07) is 13.3. The van der Waals surface area contributed by atoms with Crippen LogP contribution in [0.25, 0.3) is 5.57 Å². The van der Waals surface area contributed by atoms with Crippen LogP contribution in [0.3, 0.4) is 0 Å². The Morgan fingerprint density at radius 1 is 1.07 bits per heavy atom. The standard InChI is InChI=1S/C23H24N2O4/c1-15(26)11-19(20-13-24-25-16(20)2)17-9-10-22(23(12-17)28-4)29-14-18-7-5-6-8-21(18)27-3/h5-13H,14H2,1-4H3,(H,24,25)/b19-11-. The molecule has 0 saturated heterocycles. The van der Waals surface area contributed by atoms with E-state index in [1.54, 1.807) is 26.5 Å². The quantitative estimate of drug-likeness (QED) is 0.578. The summed E-state index contributed by atoms with van der Waals surface area (Å²) in [6.07, 6.45) is 3.31. The number of aromatic nitrogens is 2. The van der Waals surface area contributed by atoms with Crippen molar-refractivity contribution in [1.82, 2.24) is 10.2 Å². The van der Waals surface area contributed by atoms with Crippen molar-refractivity contribution in [3.63, 3.8) is 0 Å². The molecule has 1 aromatic heterocycles. The summed E-state index contributed by atoms with van der Waals surface area (Å²) in [6.45, 7) is 3.78. The Labute approximate surface area is 170 Å². The highest BCUT2D eigenvalue weighted by molar-refractivity contribution is 5.99. The topological polar surface area (TPSA) is 73.4 Å². The van der Waals surface area contributed by atoms with Crippen LogP contribution in [0.15, 0.2) is 54.7 Å². The predicted octanol–water partition coefficient (Wildman–Crippen LogP) is 4.34. The Morgan fingerprint density at radius 2 is 1.83 bits per heavy atom. The van der Waals surface area contributed by atoms with Crippen LogP contribution in [0.5, 0.6) is 17.2 Å². The minimum Gasteiger partial charge on any atom is -0.496 e. The molecule has 150 valence electrons. The number of aryl methyl sites for hydroxylation is 1. The fraction of sp³-hybridized carbons (Fsp3) is 0.217. The highest BCUT2D eigenvalue weighted by Crippen LogP contribution is 2.34. The van der Waals surface area contributed by atoms with Crippen LogP contribution in [0.2, 0.25) is 0 Å². The van der Waals surface area contributed by atoms with Gasteiger partial charge >= 0.3 is 0 Å². The summed E-state index contributed by atoms with van der Waals surface area (Å²) in [5, 5.41) is 6.98. The third kappa shape index (κ3) is 4.66. The van der Waals surface area contributed by atoms with Gasteiger partial charge in [0.1, 0.15) is 12.4 Å². The predicted molar refractivity (Wildman–Crippen MR) is 111 cm³/mol. The monoisotopic (exact) mass is 392 g/mol. The summed E-state index contributed by atoms with van der Waals surface area (Å²) < 4.78 is 16.9. The van der Waals surface area contributed by atoms with E-state index in [4.69, 9.17) is 14.2 Å². The number of carbonyl (C=O) groups is 1. The number of carbonyl (C=O) groups excluding carboxylic acids is 1. The van der Waals surface area contributed by atoms with Gasteiger partial charge in [0.25, 0.3) is 0 Å². The van der Waals surface area contributed by atoms with Gasteiger partial charge in [-0.1, -0.05) is 24.3 Å². The first-order valence-electron chi connectivity index (χ1n) is 9.19. The molecule has 2 aromatic carbocycles. The highest BCUT2D eigenvalue weighted by Gasteiger charge is 2.14. The third-order valence-electron chi connectivity index (χ3n) is 4.52. The molecule has 0 aliphatic carbocycles. The molecule has 0 unspecified atom stereocenters. The molecular weight excluding hydrogens is 368 g/mol. The van der Waals surface area contributed by atoms with Gasteiger partial charge in [-0.25, -0.2) is 0 Å².